The van der Waals surface area contributed by atoms with Gasteiger partial charge in [0.2, 0.25) is 11.8 Å². The first-order valence-corrected chi connectivity index (χ1v) is 8.18. The van der Waals surface area contributed by atoms with Crippen molar-refractivity contribution in [3.05, 3.63) is 35.5 Å². The molecule has 1 fully saturated rings. The van der Waals surface area contributed by atoms with Gasteiger partial charge in [-0.05, 0) is 18.6 Å². The number of ketones is 1. The first-order valence-electron chi connectivity index (χ1n) is 8.18. The molecule has 1 aromatic heterocycles. The zero-order valence-corrected chi connectivity index (χ0v) is 13.6. The summed E-state index contributed by atoms with van der Waals surface area (Å²) in [6.07, 6.45) is 1.80. The van der Waals surface area contributed by atoms with E-state index in [1.54, 1.807) is 25.3 Å². The Bertz CT molecular complexity index is 929. The van der Waals surface area contributed by atoms with Gasteiger partial charge in [0.15, 0.2) is 5.78 Å². The molecule has 1 N–H and O–H groups in total. The number of esters is 1. The van der Waals surface area contributed by atoms with Crippen LogP contribution in [-0.2, 0) is 25.5 Å². The van der Waals surface area contributed by atoms with Crippen LogP contribution in [0.2, 0.25) is 0 Å². The predicted octanol–water partition coefficient (Wildman–Crippen LogP) is 1.21. The topological polar surface area (TPSA) is 96.5 Å². The van der Waals surface area contributed by atoms with Gasteiger partial charge in [-0.15, -0.1) is 0 Å². The summed E-state index contributed by atoms with van der Waals surface area (Å²) in [6.45, 7) is 1.77. The molecule has 1 aliphatic heterocycles. The molecule has 2 atom stereocenters. The van der Waals surface area contributed by atoms with E-state index in [0.717, 1.165) is 21.4 Å². The molecule has 2 aliphatic rings. The molecule has 0 radical (unpaired) electrons. The maximum absolute atomic E-state index is 12.9. The average molecular weight is 340 g/mol. The Morgan fingerprint density at radius 2 is 2.08 bits per heavy atom. The highest BCUT2D eigenvalue weighted by molar-refractivity contribution is 6.19. The summed E-state index contributed by atoms with van der Waals surface area (Å²) in [5.41, 5.74) is 2.23. The van der Waals surface area contributed by atoms with Crippen LogP contribution in [0.1, 0.15) is 29.3 Å². The lowest BCUT2D eigenvalue weighted by molar-refractivity contribution is -0.152. The minimum atomic E-state index is -1.15. The number of rotatable bonds is 3. The monoisotopic (exact) mass is 340 g/mol. The Kier molecular flexibility index (Phi) is 3.45. The van der Waals surface area contributed by atoms with Crippen molar-refractivity contribution in [3.8, 4) is 0 Å². The zero-order chi connectivity index (χ0) is 17.7. The second kappa shape index (κ2) is 5.54. The smallest absolute Gasteiger partial charge is 0.319 e. The number of carbonyl (C=O) groups excluding carboxylic acids is 4. The van der Waals surface area contributed by atoms with E-state index in [4.69, 9.17) is 4.74 Å². The SMILES string of the molecule is CCOC(=O)C1CC(=O)N(C2Cc3c[nH]c4cccc(c34)C2=O)C1=O. The fourth-order valence-corrected chi connectivity index (χ4v) is 3.72. The van der Waals surface area contributed by atoms with Gasteiger partial charge in [0.1, 0.15) is 12.0 Å². The number of hydrogen-bond donors (Lipinski definition) is 1. The number of nitrogens with one attached hydrogen (secondary N) is 1. The number of imide groups is 1. The van der Waals surface area contributed by atoms with Crippen LogP contribution >= 0.6 is 0 Å². The third kappa shape index (κ3) is 2.19. The molecule has 0 saturated carbocycles. The van der Waals surface area contributed by atoms with Gasteiger partial charge in [-0.25, -0.2) is 0 Å². The molecule has 2 heterocycles. The van der Waals surface area contributed by atoms with Crippen molar-refractivity contribution in [2.75, 3.05) is 6.61 Å². The number of hydrogen-bond acceptors (Lipinski definition) is 5. The van der Waals surface area contributed by atoms with E-state index in [9.17, 15) is 19.2 Å². The number of nitrogens with zero attached hydrogens (tertiary/aromatic N) is 1. The third-order valence-electron chi connectivity index (χ3n) is 4.83. The maximum Gasteiger partial charge on any atom is 0.319 e. The van der Waals surface area contributed by atoms with Crippen molar-refractivity contribution >= 4 is 34.5 Å². The Morgan fingerprint density at radius 1 is 1.28 bits per heavy atom. The van der Waals surface area contributed by atoms with E-state index in [1.807, 2.05) is 6.07 Å². The molecule has 1 saturated heterocycles. The van der Waals surface area contributed by atoms with Crippen LogP contribution in [0.5, 0.6) is 0 Å². The van der Waals surface area contributed by atoms with E-state index >= 15 is 0 Å². The van der Waals surface area contributed by atoms with Gasteiger partial charge < -0.3 is 9.72 Å². The second-order valence-corrected chi connectivity index (χ2v) is 6.24. The Balaban J connectivity index is 1.69. The Hall–Kier alpha value is -2.96. The molecule has 0 bridgehead atoms. The first kappa shape index (κ1) is 15.6. The molecule has 2 unspecified atom stereocenters. The van der Waals surface area contributed by atoms with Gasteiger partial charge in [0, 0.05) is 35.5 Å². The summed E-state index contributed by atoms with van der Waals surface area (Å²) in [7, 11) is 0. The molecule has 7 nitrogen and oxygen atoms in total. The standard InChI is InChI=1S/C18H16N2O5/c1-2-25-18(24)11-7-14(21)20(17(11)23)13-6-9-8-19-12-5-3-4-10(15(9)12)16(13)22/h3-5,8,11,13,19H,2,6-7H2,1H3. The van der Waals surface area contributed by atoms with Crippen LogP contribution in [0.3, 0.4) is 0 Å². The lowest BCUT2D eigenvalue weighted by Gasteiger charge is -2.28. The van der Waals surface area contributed by atoms with Gasteiger partial charge in [-0.3, -0.25) is 24.1 Å². The molecule has 1 aliphatic carbocycles. The summed E-state index contributed by atoms with van der Waals surface area (Å²) in [5.74, 6) is -3.29. The molecular formula is C18H16N2O5. The number of H-pyrrole nitrogens is 1. The van der Waals surface area contributed by atoms with Crippen molar-refractivity contribution in [1.29, 1.82) is 0 Å². The van der Waals surface area contributed by atoms with Crippen LogP contribution in [0.15, 0.2) is 24.4 Å². The fourth-order valence-electron chi connectivity index (χ4n) is 3.72. The number of benzene rings is 1. The molecule has 7 heteroatoms. The number of aromatic nitrogens is 1. The van der Waals surface area contributed by atoms with Gasteiger partial charge >= 0.3 is 5.97 Å². The maximum atomic E-state index is 12.9. The molecule has 25 heavy (non-hydrogen) atoms. The fraction of sp³-hybridized carbons (Fsp3) is 0.333. The number of carbonyl (C=O) groups is 4. The lowest BCUT2D eigenvalue weighted by Crippen LogP contribution is -2.48. The quantitative estimate of drug-likeness (QED) is 0.515. The van der Waals surface area contributed by atoms with Crippen molar-refractivity contribution in [3.63, 3.8) is 0 Å². The van der Waals surface area contributed by atoms with Crippen molar-refractivity contribution in [1.82, 2.24) is 9.88 Å². The zero-order valence-electron chi connectivity index (χ0n) is 13.6. The van der Waals surface area contributed by atoms with Crippen LogP contribution in [0.25, 0.3) is 10.9 Å². The summed E-state index contributed by atoms with van der Waals surface area (Å²) in [4.78, 5) is 53.9. The molecule has 1 aromatic carbocycles. The van der Waals surface area contributed by atoms with Crippen LogP contribution in [-0.4, -0.2) is 46.1 Å². The average Bonchev–Trinajstić information content (AvgIpc) is 3.13. The van der Waals surface area contributed by atoms with Crippen molar-refractivity contribution < 1.29 is 23.9 Å². The summed E-state index contributed by atoms with van der Waals surface area (Å²) < 4.78 is 4.87. The van der Waals surface area contributed by atoms with Crippen molar-refractivity contribution in [2.24, 2.45) is 5.92 Å². The van der Waals surface area contributed by atoms with Gasteiger partial charge in [-0.2, -0.15) is 0 Å². The second-order valence-electron chi connectivity index (χ2n) is 6.24. The summed E-state index contributed by atoms with van der Waals surface area (Å²) in [6, 6.07) is 4.42. The number of likely N-dealkylation sites (tertiary alicyclic amines) is 1. The molecule has 2 aromatic rings. The van der Waals surface area contributed by atoms with Crippen LogP contribution in [0.4, 0.5) is 0 Å². The molecular weight excluding hydrogens is 324 g/mol. The van der Waals surface area contributed by atoms with E-state index in [-0.39, 0.29) is 25.2 Å². The summed E-state index contributed by atoms with van der Waals surface area (Å²) in [5, 5.41) is 0.838. The lowest BCUT2D eigenvalue weighted by atomic mass is 9.87. The van der Waals surface area contributed by atoms with Gasteiger partial charge in [0.05, 0.1) is 6.61 Å². The molecule has 128 valence electrons. The highest BCUT2D eigenvalue weighted by Gasteiger charge is 2.49. The van der Waals surface area contributed by atoms with E-state index < -0.39 is 29.7 Å². The Labute approximate surface area is 142 Å². The highest BCUT2D eigenvalue weighted by Crippen LogP contribution is 2.34. The highest BCUT2D eigenvalue weighted by atomic mass is 16.5. The number of Topliss-reactive ketones (excluding diaryl/α,β-unsaturated/α-hetero) is 1. The van der Waals surface area contributed by atoms with E-state index in [0.29, 0.717) is 5.56 Å². The molecule has 2 amide bonds. The molecule has 4 rings (SSSR count). The number of ether oxygens (including phenoxy) is 1. The van der Waals surface area contributed by atoms with E-state index in [2.05, 4.69) is 4.98 Å². The van der Waals surface area contributed by atoms with Gasteiger partial charge in [0.25, 0.3) is 0 Å². The Morgan fingerprint density at radius 3 is 2.84 bits per heavy atom. The first-order chi connectivity index (χ1) is 12.0. The van der Waals surface area contributed by atoms with E-state index in [1.165, 1.54) is 0 Å². The minimum absolute atomic E-state index is 0.133. The predicted molar refractivity (Wildman–Crippen MR) is 86.7 cm³/mol. The number of aromatic amines is 1. The van der Waals surface area contributed by atoms with Gasteiger partial charge in [-0.1, -0.05) is 12.1 Å². The summed E-state index contributed by atoms with van der Waals surface area (Å²) >= 11 is 0. The third-order valence-corrected chi connectivity index (χ3v) is 4.83. The van der Waals surface area contributed by atoms with Crippen molar-refractivity contribution in [2.45, 2.75) is 25.8 Å². The largest absolute Gasteiger partial charge is 0.465 e. The minimum Gasteiger partial charge on any atom is -0.465 e. The van der Waals surface area contributed by atoms with Crippen LogP contribution in [0, 0.1) is 5.92 Å². The van der Waals surface area contributed by atoms with Crippen LogP contribution < -0.4 is 0 Å². The number of amides is 2. The normalized spacial score (nSPS) is 22.8. The molecule has 0 spiro atoms.